The van der Waals surface area contributed by atoms with Crippen LogP contribution in [0.15, 0.2) is 0 Å². The summed E-state index contributed by atoms with van der Waals surface area (Å²) in [5, 5.41) is 21.2. The monoisotopic (exact) mass is 248 g/mol. The molecule has 5 nitrogen and oxygen atoms in total. The van der Waals surface area contributed by atoms with Gasteiger partial charge in [-0.15, -0.1) is 0 Å². The van der Waals surface area contributed by atoms with Gasteiger partial charge in [-0.25, -0.2) is 0 Å². The molecule has 0 aromatic carbocycles. The molecule has 0 amide bonds. The predicted molar refractivity (Wildman–Crippen MR) is 43.8 cm³/mol. The van der Waals surface area contributed by atoms with Gasteiger partial charge in [0.1, 0.15) is 0 Å². The number of carboxylic acid groups (broad SMARTS) is 2. The molecule has 0 aliphatic rings. The Morgan fingerprint density at radius 1 is 1.19 bits per heavy atom. The van der Waals surface area contributed by atoms with Crippen molar-refractivity contribution in [2.45, 2.75) is 26.4 Å². The minimum Gasteiger partial charge on any atom is -0.550 e. The maximum absolute atomic E-state index is 10.7. The molecule has 0 bridgehead atoms. The van der Waals surface area contributed by atoms with Crippen LogP contribution in [0.2, 0.25) is 0 Å². The van der Waals surface area contributed by atoms with E-state index in [1.165, 1.54) is 14.0 Å². The van der Waals surface area contributed by atoms with Crippen molar-refractivity contribution < 1.29 is 83.7 Å². The van der Waals surface area contributed by atoms with E-state index in [-0.39, 0.29) is 59.1 Å². The van der Waals surface area contributed by atoms with E-state index in [4.69, 9.17) is 4.74 Å². The van der Waals surface area contributed by atoms with Crippen molar-refractivity contribution in [3.05, 3.63) is 0 Å². The van der Waals surface area contributed by atoms with Crippen LogP contribution in [0.5, 0.6) is 0 Å². The summed E-state index contributed by atoms with van der Waals surface area (Å²) in [5.74, 6) is -5.12. The zero-order valence-corrected chi connectivity index (χ0v) is 14.5. The molecule has 0 aromatic rings. The molecule has 0 aliphatic carbocycles. The molecule has 0 aromatic heterocycles. The smallest absolute Gasteiger partial charge is 0.550 e. The van der Waals surface area contributed by atoms with Crippen molar-refractivity contribution in [1.29, 1.82) is 0 Å². The molecular weight excluding hydrogens is 234 g/mol. The van der Waals surface area contributed by atoms with E-state index in [2.05, 4.69) is 0 Å². The Hall–Kier alpha value is 0.900. The zero-order chi connectivity index (χ0) is 11.3. The topological polar surface area (TPSA) is 89.5 Å². The Morgan fingerprint density at radius 2 is 1.62 bits per heavy atom. The van der Waals surface area contributed by atoms with Crippen LogP contribution in [0.3, 0.4) is 0 Å². The first kappa shape index (κ1) is 22.1. The van der Waals surface area contributed by atoms with Crippen LogP contribution < -0.4 is 69.3 Å². The normalized spacial score (nSPS) is 14.9. The van der Waals surface area contributed by atoms with Gasteiger partial charge in [-0.1, -0.05) is 13.8 Å². The molecule has 7 heteroatoms. The van der Waals surface area contributed by atoms with Crippen LogP contribution >= 0.6 is 0 Å². The number of carboxylic acids is 2. The Balaban J connectivity index is -0.000000845. The van der Waals surface area contributed by atoms with Gasteiger partial charge in [0.25, 0.3) is 0 Å². The Morgan fingerprint density at radius 3 is 1.81 bits per heavy atom. The first-order valence-electron chi connectivity index (χ1n) is 4.40. The first-order chi connectivity index (χ1) is 6.45. The number of rotatable bonds is 6. The van der Waals surface area contributed by atoms with E-state index in [9.17, 15) is 19.8 Å². The van der Waals surface area contributed by atoms with Gasteiger partial charge in [-0.3, -0.25) is 0 Å². The van der Waals surface area contributed by atoms with Gasteiger partial charge >= 0.3 is 59.1 Å². The van der Waals surface area contributed by atoms with Crippen molar-refractivity contribution in [1.82, 2.24) is 0 Å². The molecule has 0 rings (SSSR count). The molecule has 0 saturated heterocycles. The Kier molecular flexibility index (Phi) is 15.2. The van der Waals surface area contributed by atoms with Crippen LogP contribution in [0, 0.1) is 11.8 Å². The minimum atomic E-state index is -1.42. The third-order valence-corrected chi connectivity index (χ3v) is 2.29. The second-order valence-electron chi connectivity index (χ2n) is 3.13. The molecule has 82 valence electrons. The fourth-order valence-electron chi connectivity index (χ4n) is 1.39. The number of carbonyl (C=O) groups excluding carboxylic acids is 2. The molecule has 0 heterocycles. The first-order valence-corrected chi connectivity index (χ1v) is 4.40. The third-order valence-electron chi connectivity index (χ3n) is 2.29. The average molecular weight is 248 g/mol. The molecule has 16 heavy (non-hydrogen) atoms. The Bertz CT molecular complexity index is 218. The summed E-state index contributed by atoms with van der Waals surface area (Å²) in [4.78, 5) is 21.2. The third kappa shape index (κ3) is 6.59. The predicted octanol–water partition coefficient (Wildman–Crippen LogP) is -7.83. The molecule has 3 atom stereocenters. The van der Waals surface area contributed by atoms with Gasteiger partial charge in [0.15, 0.2) is 0 Å². The van der Waals surface area contributed by atoms with Gasteiger partial charge in [0.2, 0.25) is 0 Å². The van der Waals surface area contributed by atoms with Gasteiger partial charge in [0.05, 0.1) is 6.10 Å². The SMILES string of the molecule is CCC(OC)C(C(=O)[O-])C(C)C(=O)[O-].[Na+].[Na+]. The number of hydrogen-bond donors (Lipinski definition) is 0. The van der Waals surface area contributed by atoms with Gasteiger partial charge < -0.3 is 24.5 Å². The second-order valence-corrected chi connectivity index (χ2v) is 3.13. The summed E-state index contributed by atoms with van der Waals surface area (Å²) in [6, 6.07) is 0. The van der Waals surface area contributed by atoms with E-state index in [0.29, 0.717) is 6.42 Å². The maximum Gasteiger partial charge on any atom is 1.00 e. The van der Waals surface area contributed by atoms with Crippen molar-refractivity contribution in [2.75, 3.05) is 7.11 Å². The summed E-state index contributed by atoms with van der Waals surface area (Å²) in [5.41, 5.74) is 0. The van der Waals surface area contributed by atoms with Gasteiger partial charge in [-0.05, 0) is 6.42 Å². The van der Waals surface area contributed by atoms with Crippen molar-refractivity contribution >= 4 is 11.9 Å². The average Bonchev–Trinajstić information content (AvgIpc) is 2.12. The van der Waals surface area contributed by atoms with E-state index >= 15 is 0 Å². The number of aliphatic carboxylic acids is 2. The molecule has 0 saturated carbocycles. The van der Waals surface area contributed by atoms with Crippen LogP contribution in [-0.4, -0.2) is 25.2 Å². The van der Waals surface area contributed by atoms with Crippen LogP contribution in [0.25, 0.3) is 0 Å². The van der Waals surface area contributed by atoms with Crippen molar-refractivity contribution in [3.8, 4) is 0 Å². The van der Waals surface area contributed by atoms with Gasteiger partial charge in [0, 0.05) is 30.9 Å². The maximum atomic E-state index is 10.7. The van der Waals surface area contributed by atoms with E-state index in [1.807, 2.05) is 0 Å². The standard InChI is InChI=1S/C9H16O5.2Na/c1-4-6(14-3)7(9(12)13)5(2)8(10)11;;/h5-7H,4H2,1-3H3,(H,10,11)(H,12,13);;/q;2*+1/p-2. The molecular formula is C9H14Na2O5. The van der Waals surface area contributed by atoms with Crippen LogP contribution in [0.1, 0.15) is 20.3 Å². The van der Waals surface area contributed by atoms with Crippen LogP contribution in [0.4, 0.5) is 0 Å². The minimum absolute atomic E-state index is 0. The van der Waals surface area contributed by atoms with Gasteiger partial charge in [-0.2, -0.15) is 0 Å². The second kappa shape index (κ2) is 11.0. The molecule has 0 aliphatic heterocycles. The summed E-state index contributed by atoms with van der Waals surface area (Å²) in [6.07, 6.45) is -0.250. The van der Waals surface area contributed by atoms with Crippen molar-refractivity contribution in [2.24, 2.45) is 11.8 Å². The largest absolute Gasteiger partial charge is 1.00 e. The zero-order valence-electron chi connectivity index (χ0n) is 10.5. The molecule has 0 radical (unpaired) electrons. The van der Waals surface area contributed by atoms with Crippen LogP contribution in [-0.2, 0) is 14.3 Å². The summed E-state index contributed by atoms with van der Waals surface area (Å²) < 4.78 is 4.88. The fraction of sp³-hybridized carbons (Fsp3) is 0.778. The Labute approximate surface area is 140 Å². The fourth-order valence-corrected chi connectivity index (χ4v) is 1.39. The van der Waals surface area contributed by atoms with E-state index < -0.39 is 29.9 Å². The number of hydrogen-bond acceptors (Lipinski definition) is 5. The molecule has 0 spiro atoms. The quantitative estimate of drug-likeness (QED) is 0.435. The van der Waals surface area contributed by atoms with Crippen molar-refractivity contribution in [3.63, 3.8) is 0 Å². The number of ether oxygens (including phenoxy) is 1. The summed E-state index contributed by atoms with van der Waals surface area (Å²) >= 11 is 0. The molecule has 0 fully saturated rings. The summed E-state index contributed by atoms with van der Waals surface area (Å²) in [7, 11) is 1.34. The molecule has 0 N–H and O–H groups in total. The van der Waals surface area contributed by atoms with E-state index in [0.717, 1.165) is 0 Å². The number of methoxy groups -OCH3 is 1. The molecule has 3 unspecified atom stereocenters. The summed E-state index contributed by atoms with van der Waals surface area (Å²) in [6.45, 7) is 2.99. The van der Waals surface area contributed by atoms with E-state index in [1.54, 1.807) is 6.92 Å². The number of carbonyl (C=O) groups is 2.